The molecule has 2 heterocycles. The van der Waals surface area contributed by atoms with Crippen LogP contribution < -0.4 is 0 Å². The van der Waals surface area contributed by atoms with Gasteiger partial charge in [-0.2, -0.15) is 5.10 Å². The summed E-state index contributed by atoms with van der Waals surface area (Å²) in [7, 11) is 0. The number of oxazole rings is 1. The fraction of sp³-hybridized carbons (Fsp3) is 0.118. The number of benzene rings is 2. The topological polar surface area (TPSA) is 56.7 Å². The van der Waals surface area contributed by atoms with Crippen LogP contribution in [-0.2, 0) is 20.1 Å². The van der Waals surface area contributed by atoms with Gasteiger partial charge in [-0.15, -0.1) is 23.8 Å². The Hall–Kier alpha value is -2.30. The van der Waals surface area contributed by atoms with Crippen molar-refractivity contribution in [2.24, 2.45) is 0 Å². The van der Waals surface area contributed by atoms with E-state index in [9.17, 15) is 0 Å². The van der Waals surface area contributed by atoms with Gasteiger partial charge < -0.3 is 4.42 Å². The van der Waals surface area contributed by atoms with E-state index in [0.29, 0.717) is 5.58 Å². The molecule has 0 spiro atoms. The van der Waals surface area contributed by atoms with Crippen LogP contribution in [0.2, 0.25) is 0 Å². The first-order valence-electron chi connectivity index (χ1n) is 6.96. The van der Waals surface area contributed by atoms with Gasteiger partial charge in [-0.1, -0.05) is 18.2 Å². The molecule has 0 saturated heterocycles. The van der Waals surface area contributed by atoms with Crippen molar-refractivity contribution >= 4 is 11.1 Å². The van der Waals surface area contributed by atoms with Crippen molar-refractivity contribution in [3.8, 4) is 17.1 Å². The molecule has 0 aliphatic rings. The van der Waals surface area contributed by atoms with E-state index in [2.05, 4.69) is 47.1 Å². The second-order valence-corrected chi connectivity index (χ2v) is 5.18. The smallest absolute Gasteiger partial charge is 0.169 e. The van der Waals surface area contributed by atoms with Gasteiger partial charge in [0.1, 0.15) is 6.33 Å². The third-order valence-corrected chi connectivity index (χ3v) is 3.70. The Bertz CT molecular complexity index is 953. The average molecular weight is 482 g/mol. The molecule has 0 saturated carbocycles. The zero-order valence-electron chi connectivity index (χ0n) is 12.6. The molecule has 0 unspecified atom stereocenters. The van der Waals surface area contributed by atoms with Gasteiger partial charge in [-0.25, -0.2) is 4.98 Å². The quantitative estimate of drug-likeness (QED) is 0.412. The van der Waals surface area contributed by atoms with Crippen LogP contribution in [0.1, 0.15) is 11.1 Å². The summed E-state index contributed by atoms with van der Waals surface area (Å²) in [6.07, 6.45) is 2.99. The van der Waals surface area contributed by atoms with Crippen LogP contribution >= 0.6 is 0 Å². The van der Waals surface area contributed by atoms with Crippen molar-refractivity contribution in [2.45, 2.75) is 13.8 Å². The van der Waals surface area contributed by atoms with E-state index in [-0.39, 0.29) is 20.1 Å². The first kappa shape index (κ1) is 15.6. The maximum Gasteiger partial charge on any atom is 0.169 e. The van der Waals surface area contributed by atoms with Crippen LogP contribution in [-0.4, -0.2) is 19.7 Å². The SMILES string of the molecule is Cc1cccc(C)c1-n1ncnc1-c1[c-]cc2ocnc2c1.[Ir]. The van der Waals surface area contributed by atoms with Gasteiger partial charge in [0.05, 0.1) is 17.1 Å². The van der Waals surface area contributed by atoms with Crippen LogP contribution in [0.5, 0.6) is 0 Å². The molecule has 0 fully saturated rings. The van der Waals surface area contributed by atoms with Gasteiger partial charge in [-0.05, 0) is 25.0 Å². The van der Waals surface area contributed by atoms with Crippen molar-refractivity contribution in [1.29, 1.82) is 0 Å². The van der Waals surface area contributed by atoms with Crippen molar-refractivity contribution in [3.05, 3.63) is 60.2 Å². The molecule has 6 heteroatoms. The normalized spacial score (nSPS) is 10.7. The number of fused-ring (bicyclic) bond motifs is 1. The molecule has 0 N–H and O–H groups in total. The number of hydrogen-bond donors (Lipinski definition) is 0. The number of para-hydroxylation sites is 1. The standard InChI is InChI=1S/C17H13N4O.Ir/c1-11-4-3-5-12(2)16(11)21-17(18-9-20-21)13-6-7-15-14(8-13)19-10-22-15;/h3-5,7-10H,1-2H3;/q-1;. The Morgan fingerprint density at radius 2 is 1.91 bits per heavy atom. The van der Waals surface area contributed by atoms with Gasteiger partial charge in [0.15, 0.2) is 6.39 Å². The van der Waals surface area contributed by atoms with Gasteiger partial charge in [-0.3, -0.25) is 9.67 Å². The first-order valence-corrected chi connectivity index (χ1v) is 6.96. The Labute approximate surface area is 146 Å². The van der Waals surface area contributed by atoms with Gasteiger partial charge >= 0.3 is 0 Å². The van der Waals surface area contributed by atoms with Crippen molar-refractivity contribution < 1.29 is 24.5 Å². The van der Waals surface area contributed by atoms with Gasteiger partial charge in [0.2, 0.25) is 0 Å². The molecular weight excluding hydrogens is 468 g/mol. The molecule has 0 aliphatic carbocycles. The molecular formula is C17H13IrN4O-. The monoisotopic (exact) mass is 482 g/mol. The number of rotatable bonds is 2. The molecule has 2 aromatic carbocycles. The summed E-state index contributed by atoms with van der Waals surface area (Å²) in [4.78, 5) is 8.58. The van der Waals surface area contributed by atoms with E-state index in [1.807, 2.05) is 16.8 Å². The summed E-state index contributed by atoms with van der Waals surface area (Å²) in [5.41, 5.74) is 5.67. The van der Waals surface area contributed by atoms with Gasteiger partial charge in [0.25, 0.3) is 0 Å². The average Bonchev–Trinajstić information content (AvgIpc) is 3.15. The van der Waals surface area contributed by atoms with Crippen molar-refractivity contribution in [2.75, 3.05) is 0 Å². The number of nitrogens with zero attached hydrogens (tertiary/aromatic N) is 4. The molecule has 4 rings (SSSR count). The minimum atomic E-state index is 0. The zero-order chi connectivity index (χ0) is 15.1. The van der Waals surface area contributed by atoms with Crippen LogP contribution in [0.4, 0.5) is 0 Å². The molecule has 23 heavy (non-hydrogen) atoms. The molecule has 0 amide bonds. The molecule has 5 nitrogen and oxygen atoms in total. The van der Waals surface area contributed by atoms with Crippen molar-refractivity contribution in [3.63, 3.8) is 0 Å². The van der Waals surface area contributed by atoms with E-state index in [0.717, 1.165) is 33.7 Å². The van der Waals surface area contributed by atoms with E-state index in [1.54, 1.807) is 12.4 Å². The van der Waals surface area contributed by atoms with E-state index in [1.165, 1.54) is 6.39 Å². The van der Waals surface area contributed by atoms with E-state index >= 15 is 0 Å². The first-order chi connectivity index (χ1) is 10.7. The summed E-state index contributed by atoms with van der Waals surface area (Å²) in [6, 6.07) is 13.1. The maximum absolute atomic E-state index is 5.26. The maximum atomic E-state index is 5.26. The molecule has 2 aromatic heterocycles. The third kappa shape index (κ3) is 2.60. The summed E-state index contributed by atoms with van der Waals surface area (Å²) in [6.45, 7) is 4.14. The minimum absolute atomic E-state index is 0. The van der Waals surface area contributed by atoms with Crippen molar-refractivity contribution in [1.82, 2.24) is 19.7 Å². The molecule has 0 bridgehead atoms. The fourth-order valence-electron chi connectivity index (χ4n) is 2.66. The minimum Gasteiger partial charge on any atom is -0.490 e. The molecule has 4 aromatic rings. The summed E-state index contributed by atoms with van der Waals surface area (Å²) >= 11 is 0. The van der Waals surface area contributed by atoms with Gasteiger partial charge in [0, 0.05) is 25.6 Å². The Balaban J connectivity index is 0.00000156. The second-order valence-electron chi connectivity index (χ2n) is 5.18. The largest absolute Gasteiger partial charge is 0.490 e. The fourth-order valence-corrected chi connectivity index (χ4v) is 2.66. The number of hydrogen-bond acceptors (Lipinski definition) is 4. The Morgan fingerprint density at radius 1 is 1.13 bits per heavy atom. The molecule has 0 aliphatic heterocycles. The predicted molar refractivity (Wildman–Crippen MR) is 82.7 cm³/mol. The van der Waals surface area contributed by atoms with Crippen LogP contribution in [0.3, 0.4) is 0 Å². The predicted octanol–water partition coefficient (Wildman–Crippen LogP) is 3.49. The third-order valence-electron chi connectivity index (χ3n) is 3.70. The summed E-state index contributed by atoms with van der Waals surface area (Å²) in [5, 5.41) is 4.39. The van der Waals surface area contributed by atoms with Crippen LogP contribution in [0.25, 0.3) is 28.2 Å². The van der Waals surface area contributed by atoms with Crippen LogP contribution in [0, 0.1) is 19.9 Å². The number of aryl methyl sites for hydroxylation is 2. The zero-order valence-corrected chi connectivity index (χ0v) is 15.0. The summed E-state index contributed by atoms with van der Waals surface area (Å²) in [5.74, 6) is 0.738. The van der Waals surface area contributed by atoms with E-state index in [4.69, 9.17) is 4.42 Å². The van der Waals surface area contributed by atoms with E-state index < -0.39 is 0 Å². The Kier molecular flexibility index (Phi) is 4.11. The van der Waals surface area contributed by atoms with Crippen LogP contribution in [0.15, 0.2) is 47.5 Å². The summed E-state index contributed by atoms with van der Waals surface area (Å²) < 4.78 is 7.11. The molecule has 1 radical (unpaired) electrons. The molecule has 0 atom stereocenters. The second kappa shape index (κ2) is 6.07. The molecule has 117 valence electrons. The number of aromatic nitrogens is 4. The Morgan fingerprint density at radius 3 is 2.70 bits per heavy atom.